The molecule has 0 spiro atoms. The van der Waals surface area contributed by atoms with Crippen molar-refractivity contribution in [3.63, 3.8) is 0 Å². The van der Waals surface area contributed by atoms with E-state index in [0.717, 1.165) is 0 Å². The molecule has 1 heterocycles. The van der Waals surface area contributed by atoms with E-state index >= 15 is 0 Å². The largest absolute Gasteiger partial charge is 0.859 e. The molecule has 0 aliphatic carbocycles. The minimum atomic E-state index is -0.647. The maximum absolute atomic E-state index is 11.8. The summed E-state index contributed by atoms with van der Waals surface area (Å²) in [6.45, 7) is 1.84. The number of aromatic nitrogens is 4. The zero-order valence-corrected chi connectivity index (χ0v) is 9.78. The molecule has 0 amide bonds. The average Bonchev–Trinajstić information content (AvgIpc) is 2.90. The molecule has 18 heavy (non-hydrogen) atoms. The number of rotatable bonds is 5. The van der Waals surface area contributed by atoms with E-state index in [1.54, 1.807) is 12.1 Å². The highest BCUT2D eigenvalue weighted by molar-refractivity contribution is 5.78. The van der Waals surface area contributed by atoms with Gasteiger partial charge in [-0.1, -0.05) is 30.2 Å². The van der Waals surface area contributed by atoms with Gasteiger partial charge in [0.1, 0.15) is 11.9 Å². The predicted molar refractivity (Wildman–Crippen MR) is 62.4 cm³/mol. The number of para-hydroxylation sites is 1. The van der Waals surface area contributed by atoms with Crippen molar-refractivity contribution in [3.05, 3.63) is 30.3 Å². The Bertz CT molecular complexity index is 497. The van der Waals surface area contributed by atoms with Crippen molar-refractivity contribution in [2.75, 3.05) is 0 Å². The molecule has 1 atom stereocenters. The van der Waals surface area contributed by atoms with E-state index in [4.69, 9.17) is 4.74 Å². The number of nitrogens with one attached hydrogen (secondary N) is 1. The van der Waals surface area contributed by atoms with Crippen LogP contribution in [-0.2, 0) is 0 Å². The molecule has 0 radical (unpaired) electrons. The number of aromatic amines is 1. The number of hydrogen-bond donors (Lipinski definition) is 1. The van der Waals surface area contributed by atoms with Gasteiger partial charge in [-0.05, 0) is 23.8 Å². The van der Waals surface area contributed by atoms with Gasteiger partial charge in [-0.25, -0.2) is 4.99 Å². The first-order valence-corrected chi connectivity index (χ1v) is 5.50. The monoisotopic (exact) mass is 246 g/mol. The second-order valence-corrected chi connectivity index (χ2v) is 3.49. The average molecular weight is 246 g/mol. The van der Waals surface area contributed by atoms with Crippen LogP contribution in [0.15, 0.2) is 35.3 Å². The van der Waals surface area contributed by atoms with Crippen molar-refractivity contribution < 1.29 is 9.84 Å². The maximum Gasteiger partial charge on any atom is 0.288 e. The van der Waals surface area contributed by atoms with Gasteiger partial charge in [-0.15, -0.1) is 5.10 Å². The highest BCUT2D eigenvalue weighted by Crippen LogP contribution is 2.13. The fraction of sp³-hybridized carbons (Fsp3) is 0.273. The lowest BCUT2D eigenvalue weighted by atomic mass is 10.2. The van der Waals surface area contributed by atoms with Gasteiger partial charge in [0, 0.05) is 5.90 Å². The summed E-state index contributed by atoms with van der Waals surface area (Å²) in [6, 6.07) is 9.11. The molecular weight excluding hydrogens is 234 g/mol. The Kier molecular flexibility index (Phi) is 3.85. The molecule has 7 nitrogen and oxygen atoms in total. The van der Waals surface area contributed by atoms with E-state index < -0.39 is 12.0 Å². The molecule has 0 saturated heterocycles. The summed E-state index contributed by atoms with van der Waals surface area (Å²) in [5.74, 6) is 0.207. The minimum absolute atomic E-state index is 0.00936. The standard InChI is InChI=1S/C11H13N5O2/c1-2-9(18-8-6-4-3-5-7-8)10(17)12-11-13-15-16-14-11/h3-7,9H,2H2,1H3,(H2,12,13,14,15,16,17)/p-1. The van der Waals surface area contributed by atoms with Crippen molar-refractivity contribution in [2.24, 2.45) is 4.99 Å². The number of ether oxygens (including phenoxy) is 1. The van der Waals surface area contributed by atoms with Crippen LogP contribution < -0.4 is 9.84 Å². The van der Waals surface area contributed by atoms with E-state index in [9.17, 15) is 5.11 Å². The Morgan fingerprint density at radius 2 is 2.22 bits per heavy atom. The fourth-order valence-electron chi connectivity index (χ4n) is 1.35. The first-order chi connectivity index (χ1) is 8.79. The van der Waals surface area contributed by atoms with E-state index in [0.29, 0.717) is 12.2 Å². The molecule has 0 saturated carbocycles. The lowest BCUT2D eigenvalue weighted by Gasteiger charge is -2.22. The molecule has 2 rings (SSSR count). The Hall–Kier alpha value is -2.44. The Morgan fingerprint density at radius 1 is 1.44 bits per heavy atom. The molecule has 1 unspecified atom stereocenters. The van der Waals surface area contributed by atoms with Crippen molar-refractivity contribution in [2.45, 2.75) is 19.4 Å². The predicted octanol–water partition coefficient (Wildman–Crippen LogP) is 0.448. The lowest BCUT2D eigenvalue weighted by molar-refractivity contribution is -0.226. The number of hydrogen-bond acceptors (Lipinski definition) is 6. The third-order valence-corrected chi connectivity index (χ3v) is 2.21. The van der Waals surface area contributed by atoms with Gasteiger partial charge in [-0.2, -0.15) is 5.21 Å². The summed E-state index contributed by atoms with van der Waals surface area (Å²) in [7, 11) is 0. The molecule has 1 aromatic carbocycles. The van der Waals surface area contributed by atoms with Crippen molar-refractivity contribution in [1.29, 1.82) is 0 Å². The van der Waals surface area contributed by atoms with Crippen LogP contribution in [0.3, 0.4) is 0 Å². The molecule has 0 aliphatic heterocycles. The molecule has 0 fully saturated rings. The second-order valence-electron chi connectivity index (χ2n) is 3.49. The second kappa shape index (κ2) is 5.76. The summed E-state index contributed by atoms with van der Waals surface area (Å²) >= 11 is 0. The lowest BCUT2D eigenvalue weighted by Crippen LogP contribution is -2.36. The third-order valence-electron chi connectivity index (χ3n) is 2.21. The molecule has 2 aromatic rings. The van der Waals surface area contributed by atoms with Crippen LogP contribution in [-0.4, -0.2) is 32.6 Å². The van der Waals surface area contributed by atoms with E-state index in [2.05, 4.69) is 25.6 Å². The van der Waals surface area contributed by atoms with Crippen LogP contribution in [0, 0.1) is 0 Å². The highest BCUT2D eigenvalue weighted by atomic mass is 16.5. The minimum Gasteiger partial charge on any atom is -0.859 e. The van der Waals surface area contributed by atoms with Gasteiger partial charge in [0.15, 0.2) is 0 Å². The zero-order valence-electron chi connectivity index (χ0n) is 9.78. The number of nitrogens with zero attached hydrogens (tertiary/aromatic N) is 4. The fourth-order valence-corrected chi connectivity index (χ4v) is 1.35. The van der Waals surface area contributed by atoms with E-state index in [1.807, 2.05) is 25.1 Å². The van der Waals surface area contributed by atoms with E-state index in [-0.39, 0.29) is 5.95 Å². The van der Waals surface area contributed by atoms with Crippen LogP contribution in [0.1, 0.15) is 13.3 Å². The van der Waals surface area contributed by atoms with E-state index in [1.165, 1.54) is 0 Å². The van der Waals surface area contributed by atoms with Crippen LogP contribution >= 0.6 is 0 Å². The van der Waals surface area contributed by atoms with Crippen LogP contribution in [0.5, 0.6) is 5.75 Å². The molecule has 1 N–H and O–H groups in total. The van der Waals surface area contributed by atoms with Gasteiger partial charge in [0.2, 0.25) is 0 Å². The third kappa shape index (κ3) is 3.03. The summed E-state index contributed by atoms with van der Waals surface area (Å²) in [4.78, 5) is 3.71. The van der Waals surface area contributed by atoms with Crippen molar-refractivity contribution in [1.82, 2.24) is 20.6 Å². The van der Waals surface area contributed by atoms with Gasteiger partial charge in [0.25, 0.3) is 5.95 Å². The normalized spacial score (nSPS) is 13.3. The van der Waals surface area contributed by atoms with Gasteiger partial charge in [0.05, 0.1) is 0 Å². The number of benzene rings is 1. The highest BCUT2D eigenvalue weighted by Gasteiger charge is 2.09. The molecular formula is C11H12N5O2-. The van der Waals surface area contributed by atoms with Crippen LogP contribution in [0.2, 0.25) is 0 Å². The molecule has 94 valence electrons. The first kappa shape index (κ1) is 12.0. The zero-order chi connectivity index (χ0) is 12.8. The van der Waals surface area contributed by atoms with Crippen molar-refractivity contribution >= 4 is 11.8 Å². The van der Waals surface area contributed by atoms with Gasteiger partial charge < -0.3 is 9.84 Å². The smallest absolute Gasteiger partial charge is 0.288 e. The topological polar surface area (TPSA) is 99.1 Å². The summed E-state index contributed by atoms with van der Waals surface area (Å²) in [5.41, 5.74) is 0. The van der Waals surface area contributed by atoms with Gasteiger partial charge in [-0.3, -0.25) is 0 Å². The Morgan fingerprint density at radius 3 is 2.83 bits per heavy atom. The summed E-state index contributed by atoms with van der Waals surface area (Å²) < 4.78 is 5.54. The SMILES string of the molecule is CCC(Oc1ccccc1)C([O-])=Nc1nn[nH]n1. The maximum atomic E-state index is 11.8. The van der Waals surface area contributed by atoms with Gasteiger partial charge >= 0.3 is 0 Å². The quantitative estimate of drug-likeness (QED) is 0.609. The number of tetrazole rings is 1. The number of H-pyrrole nitrogens is 1. The summed E-state index contributed by atoms with van der Waals surface area (Å²) in [6.07, 6.45) is -0.138. The first-order valence-electron chi connectivity index (χ1n) is 5.50. The molecule has 7 heteroatoms. The molecule has 0 aliphatic rings. The summed E-state index contributed by atoms with van der Waals surface area (Å²) in [5, 5.41) is 24.6. The molecule has 0 bridgehead atoms. The molecule has 1 aromatic heterocycles. The Labute approximate surface area is 104 Å². The Balaban J connectivity index is 2.09. The van der Waals surface area contributed by atoms with Crippen LogP contribution in [0.4, 0.5) is 5.95 Å². The van der Waals surface area contributed by atoms with Crippen molar-refractivity contribution in [3.8, 4) is 5.75 Å². The van der Waals surface area contributed by atoms with Crippen LogP contribution in [0.25, 0.3) is 0 Å². The number of aliphatic imine (C=N–C) groups is 1.